The van der Waals surface area contributed by atoms with Crippen LogP contribution in [-0.2, 0) is 0 Å². The summed E-state index contributed by atoms with van der Waals surface area (Å²) in [5, 5.41) is 7.98. The molecule has 0 aliphatic carbocycles. The lowest BCUT2D eigenvalue weighted by Crippen LogP contribution is -2.15. The lowest BCUT2D eigenvalue weighted by molar-refractivity contribution is 0.102. The molecule has 0 saturated carbocycles. The molecule has 0 unspecified atom stereocenters. The first-order valence-electron chi connectivity index (χ1n) is 8.86. The van der Waals surface area contributed by atoms with Gasteiger partial charge in [-0.3, -0.25) is 4.79 Å². The minimum absolute atomic E-state index is 0.224. The highest BCUT2D eigenvalue weighted by Gasteiger charge is 2.14. The van der Waals surface area contributed by atoms with E-state index in [1.165, 1.54) is 6.07 Å². The number of hydrogen-bond donors (Lipinski definition) is 1. The average molecular weight is 410 g/mol. The monoisotopic (exact) mass is 409 g/mol. The van der Waals surface area contributed by atoms with E-state index in [0.29, 0.717) is 34.0 Å². The summed E-state index contributed by atoms with van der Waals surface area (Å²) in [7, 11) is 0. The van der Waals surface area contributed by atoms with E-state index in [-0.39, 0.29) is 5.56 Å². The fourth-order valence-electron chi connectivity index (χ4n) is 2.93. The molecule has 0 spiro atoms. The fourth-order valence-corrected chi connectivity index (χ4v) is 3.06. The third-order valence-electron chi connectivity index (χ3n) is 4.21. The number of rotatable bonds is 5. The van der Waals surface area contributed by atoms with E-state index >= 15 is 0 Å². The van der Waals surface area contributed by atoms with Gasteiger partial charge in [-0.15, -0.1) is 0 Å². The molecule has 0 radical (unpaired) electrons. The second-order valence-electron chi connectivity index (χ2n) is 6.17. The number of hydrogen-bond acceptors (Lipinski definition) is 5. The van der Waals surface area contributed by atoms with Gasteiger partial charge in [0.1, 0.15) is 11.3 Å². The van der Waals surface area contributed by atoms with Gasteiger partial charge in [-0.2, -0.15) is 5.10 Å². The predicted molar refractivity (Wildman–Crippen MR) is 110 cm³/mol. The van der Waals surface area contributed by atoms with E-state index in [1.54, 1.807) is 59.5 Å². The molecule has 2 aromatic heterocycles. The molecular weight excluding hydrogens is 394 g/mol. The summed E-state index contributed by atoms with van der Waals surface area (Å²) in [6, 6.07) is 13.3. The Morgan fingerprint density at radius 3 is 2.69 bits per heavy atom. The van der Waals surface area contributed by atoms with Gasteiger partial charge in [0.2, 0.25) is 0 Å². The lowest BCUT2D eigenvalue weighted by atomic mass is 10.1. The number of nitrogens with zero attached hydrogens (tertiary/aromatic N) is 2. The van der Waals surface area contributed by atoms with Crippen LogP contribution in [0.5, 0.6) is 5.75 Å². The highest BCUT2D eigenvalue weighted by atomic mass is 35.5. The lowest BCUT2D eigenvalue weighted by Gasteiger charge is -2.09. The Labute approximate surface area is 170 Å². The first kappa shape index (κ1) is 18.8. The summed E-state index contributed by atoms with van der Waals surface area (Å²) in [4.78, 5) is 24.7. The molecule has 0 aliphatic rings. The number of anilines is 1. The number of fused-ring (bicyclic) bond motifs is 1. The second kappa shape index (κ2) is 7.81. The molecule has 4 rings (SSSR count). The molecule has 0 aliphatic heterocycles. The third-order valence-corrected chi connectivity index (χ3v) is 4.41. The zero-order chi connectivity index (χ0) is 20.4. The summed E-state index contributed by atoms with van der Waals surface area (Å²) >= 11 is 5.88. The number of aromatic nitrogens is 2. The van der Waals surface area contributed by atoms with Crippen LogP contribution in [0.2, 0.25) is 5.02 Å². The number of benzene rings is 2. The molecule has 7 nitrogen and oxygen atoms in total. The molecule has 146 valence electrons. The standard InChI is InChI=1S/C21H16ClN3O4/c1-2-28-16-7-8-17-18(10-20(26)29-19(17)9-16)21(27)24-14-3-5-15(6-4-14)25-12-13(22)11-23-25/h3-12H,2H2,1H3,(H,24,27). The Morgan fingerprint density at radius 2 is 2.00 bits per heavy atom. The molecule has 0 bridgehead atoms. The Balaban J connectivity index is 1.61. The van der Waals surface area contributed by atoms with Gasteiger partial charge in [0.05, 0.1) is 29.1 Å². The maximum atomic E-state index is 12.8. The van der Waals surface area contributed by atoms with E-state index in [9.17, 15) is 9.59 Å². The van der Waals surface area contributed by atoms with Crippen molar-refractivity contribution in [1.82, 2.24) is 9.78 Å². The summed E-state index contributed by atoms with van der Waals surface area (Å²) in [5.74, 6) is 0.150. The Bertz CT molecular complexity index is 1250. The number of ether oxygens (including phenoxy) is 1. The van der Waals surface area contributed by atoms with E-state index in [2.05, 4.69) is 10.4 Å². The second-order valence-corrected chi connectivity index (χ2v) is 6.61. The molecule has 0 saturated heterocycles. The zero-order valence-corrected chi connectivity index (χ0v) is 16.1. The Morgan fingerprint density at radius 1 is 1.21 bits per heavy atom. The zero-order valence-electron chi connectivity index (χ0n) is 15.4. The molecule has 2 aromatic carbocycles. The van der Waals surface area contributed by atoms with Crippen molar-refractivity contribution in [3.8, 4) is 11.4 Å². The van der Waals surface area contributed by atoms with Crippen molar-refractivity contribution >= 4 is 34.2 Å². The fraction of sp³-hybridized carbons (Fsp3) is 0.0952. The Hall–Kier alpha value is -3.58. The van der Waals surface area contributed by atoms with Crippen LogP contribution in [0.3, 0.4) is 0 Å². The van der Waals surface area contributed by atoms with Crippen LogP contribution in [0.1, 0.15) is 17.3 Å². The van der Waals surface area contributed by atoms with Crippen molar-refractivity contribution in [1.29, 1.82) is 0 Å². The van der Waals surface area contributed by atoms with Crippen LogP contribution < -0.4 is 15.7 Å². The number of halogens is 1. The molecular formula is C21H16ClN3O4. The maximum absolute atomic E-state index is 12.8. The minimum atomic E-state index is -0.609. The van der Waals surface area contributed by atoms with Crippen LogP contribution >= 0.6 is 11.6 Å². The van der Waals surface area contributed by atoms with Crippen molar-refractivity contribution in [2.24, 2.45) is 0 Å². The smallest absolute Gasteiger partial charge is 0.337 e. The first-order valence-corrected chi connectivity index (χ1v) is 9.24. The number of carbonyl (C=O) groups excluding carboxylic acids is 1. The number of amides is 1. The van der Waals surface area contributed by atoms with E-state index in [1.807, 2.05) is 6.92 Å². The Kier molecular flexibility index (Phi) is 5.05. The first-order chi connectivity index (χ1) is 14.0. The summed E-state index contributed by atoms with van der Waals surface area (Å²) in [6.07, 6.45) is 3.22. The van der Waals surface area contributed by atoms with Gasteiger partial charge in [0.25, 0.3) is 5.91 Å². The van der Waals surface area contributed by atoms with Gasteiger partial charge in [-0.05, 0) is 43.3 Å². The largest absolute Gasteiger partial charge is 0.494 e. The summed E-state index contributed by atoms with van der Waals surface area (Å²) in [5.41, 5.74) is 1.28. The van der Waals surface area contributed by atoms with Crippen LogP contribution in [0.15, 0.2) is 70.1 Å². The van der Waals surface area contributed by atoms with Crippen molar-refractivity contribution in [2.45, 2.75) is 6.92 Å². The van der Waals surface area contributed by atoms with Crippen molar-refractivity contribution in [2.75, 3.05) is 11.9 Å². The molecule has 8 heteroatoms. The summed E-state index contributed by atoms with van der Waals surface area (Å²) < 4.78 is 12.3. The van der Waals surface area contributed by atoms with Crippen LogP contribution in [0, 0.1) is 0 Å². The van der Waals surface area contributed by atoms with E-state index in [4.69, 9.17) is 20.8 Å². The van der Waals surface area contributed by atoms with Crippen molar-refractivity contribution in [3.05, 3.63) is 81.9 Å². The van der Waals surface area contributed by atoms with Gasteiger partial charge in [-0.1, -0.05) is 11.6 Å². The minimum Gasteiger partial charge on any atom is -0.494 e. The molecule has 1 amide bonds. The van der Waals surface area contributed by atoms with Crippen LogP contribution in [-0.4, -0.2) is 22.3 Å². The highest BCUT2D eigenvalue weighted by molar-refractivity contribution is 6.30. The van der Waals surface area contributed by atoms with Crippen LogP contribution in [0.4, 0.5) is 5.69 Å². The topological polar surface area (TPSA) is 86.4 Å². The van der Waals surface area contributed by atoms with Crippen molar-refractivity contribution < 1.29 is 13.9 Å². The highest BCUT2D eigenvalue weighted by Crippen LogP contribution is 2.24. The molecule has 1 N–H and O–H groups in total. The SMILES string of the molecule is CCOc1ccc2c(C(=O)Nc3ccc(-n4cc(Cl)cn4)cc3)cc(=O)oc2c1. The molecule has 4 aromatic rings. The van der Waals surface area contributed by atoms with Gasteiger partial charge in [-0.25, -0.2) is 9.48 Å². The van der Waals surface area contributed by atoms with E-state index in [0.717, 1.165) is 5.69 Å². The molecule has 0 atom stereocenters. The number of carbonyl (C=O) groups is 1. The number of nitrogens with one attached hydrogen (secondary N) is 1. The van der Waals surface area contributed by atoms with Crippen LogP contribution in [0.25, 0.3) is 16.7 Å². The molecule has 2 heterocycles. The maximum Gasteiger partial charge on any atom is 0.337 e. The van der Waals surface area contributed by atoms with E-state index < -0.39 is 11.5 Å². The summed E-state index contributed by atoms with van der Waals surface area (Å²) in [6.45, 7) is 2.34. The molecule has 0 fully saturated rings. The third kappa shape index (κ3) is 4.00. The van der Waals surface area contributed by atoms with Gasteiger partial charge in [0, 0.05) is 29.4 Å². The van der Waals surface area contributed by atoms with Crippen molar-refractivity contribution in [3.63, 3.8) is 0 Å². The van der Waals surface area contributed by atoms with Gasteiger partial charge < -0.3 is 14.5 Å². The normalized spacial score (nSPS) is 10.8. The molecule has 29 heavy (non-hydrogen) atoms. The predicted octanol–water partition coefficient (Wildman–Crippen LogP) is 4.28. The van der Waals surface area contributed by atoms with Gasteiger partial charge >= 0.3 is 5.63 Å². The quantitative estimate of drug-likeness (QED) is 0.497. The average Bonchev–Trinajstić information content (AvgIpc) is 3.14. The van der Waals surface area contributed by atoms with Gasteiger partial charge in [0.15, 0.2) is 0 Å².